The van der Waals surface area contributed by atoms with Crippen molar-refractivity contribution >= 4 is 16.7 Å². The molecule has 0 bridgehead atoms. The molecule has 88 valence electrons. The SMILES string of the molecule is CCc1nc2cccc([N+](=O)[O-])c2nc1CC. The Kier molecular flexibility index (Phi) is 2.99. The zero-order valence-corrected chi connectivity index (χ0v) is 9.80. The fourth-order valence-electron chi connectivity index (χ4n) is 1.85. The number of aryl methyl sites for hydroxylation is 2. The van der Waals surface area contributed by atoms with Gasteiger partial charge < -0.3 is 0 Å². The molecule has 0 saturated carbocycles. The van der Waals surface area contributed by atoms with E-state index in [4.69, 9.17) is 0 Å². The van der Waals surface area contributed by atoms with Gasteiger partial charge in [0.2, 0.25) is 0 Å². The van der Waals surface area contributed by atoms with Crippen LogP contribution in [-0.4, -0.2) is 14.9 Å². The van der Waals surface area contributed by atoms with Crippen LogP contribution in [0.25, 0.3) is 11.0 Å². The van der Waals surface area contributed by atoms with Gasteiger partial charge in [0.1, 0.15) is 0 Å². The molecule has 0 aliphatic rings. The Balaban J connectivity index is 2.78. The molecule has 1 heterocycles. The first-order valence-corrected chi connectivity index (χ1v) is 5.60. The number of nitro groups is 1. The second-order valence-corrected chi connectivity index (χ2v) is 3.73. The van der Waals surface area contributed by atoms with Gasteiger partial charge in [-0.25, -0.2) is 9.97 Å². The highest BCUT2D eigenvalue weighted by Gasteiger charge is 2.15. The molecule has 1 aromatic carbocycles. The Labute approximate surface area is 98.7 Å². The van der Waals surface area contributed by atoms with Crippen molar-refractivity contribution in [2.45, 2.75) is 26.7 Å². The highest BCUT2D eigenvalue weighted by atomic mass is 16.6. The maximum Gasteiger partial charge on any atom is 0.297 e. The van der Waals surface area contributed by atoms with Crippen molar-refractivity contribution in [3.05, 3.63) is 39.7 Å². The zero-order chi connectivity index (χ0) is 12.4. The molecule has 0 fully saturated rings. The van der Waals surface area contributed by atoms with Crippen LogP contribution < -0.4 is 0 Å². The Hall–Kier alpha value is -2.04. The molecule has 0 aliphatic carbocycles. The van der Waals surface area contributed by atoms with Crippen LogP contribution in [0, 0.1) is 10.1 Å². The van der Waals surface area contributed by atoms with E-state index in [1.54, 1.807) is 12.1 Å². The van der Waals surface area contributed by atoms with Gasteiger partial charge in [-0.1, -0.05) is 19.9 Å². The van der Waals surface area contributed by atoms with E-state index in [0.717, 1.165) is 24.2 Å². The van der Waals surface area contributed by atoms with E-state index in [0.29, 0.717) is 11.0 Å². The monoisotopic (exact) mass is 231 g/mol. The highest BCUT2D eigenvalue weighted by Crippen LogP contribution is 2.23. The Morgan fingerprint density at radius 1 is 1.18 bits per heavy atom. The van der Waals surface area contributed by atoms with Crippen LogP contribution in [0.15, 0.2) is 18.2 Å². The van der Waals surface area contributed by atoms with Crippen molar-refractivity contribution in [3.63, 3.8) is 0 Å². The first kappa shape index (κ1) is 11.4. The Morgan fingerprint density at radius 2 is 1.82 bits per heavy atom. The maximum absolute atomic E-state index is 10.9. The Bertz CT molecular complexity index is 581. The number of rotatable bonds is 3. The number of non-ortho nitro benzene ring substituents is 1. The van der Waals surface area contributed by atoms with Gasteiger partial charge in [0.05, 0.1) is 21.8 Å². The summed E-state index contributed by atoms with van der Waals surface area (Å²) in [4.78, 5) is 19.3. The molecule has 0 amide bonds. The average molecular weight is 231 g/mol. The second kappa shape index (κ2) is 4.45. The van der Waals surface area contributed by atoms with Crippen LogP contribution in [0.3, 0.4) is 0 Å². The fraction of sp³-hybridized carbons (Fsp3) is 0.333. The minimum absolute atomic E-state index is 0.0207. The number of nitro benzene ring substituents is 1. The third-order valence-electron chi connectivity index (χ3n) is 2.70. The van der Waals surface area contributed by atoms with Crippen LogP contribution in [0.5, 0.6) is 0 Å². The van der Waals surface area contributed by atoms with Gasteiger partial charge in [-0.2, -0.15) is 0 Å². The molecule has 0 radical (unpaired) electrons. The van der Waals surface area contributed by atoms with Crippen molar-refractivity contribution in [2.75, 3.05) is 0 Å². The lowest BCUT2D eigenvalue weighted by Gasteiger charge is -2.06. The van der Waals surface area contributed by atoms with Gasteiger partial charge >= 0.3 is 0 Å². The lowest BCUT2D eigenvalue weighted by Crippen LogP contribution is -2.02. The summed E-state index contributed by atoms with van der Waals surface area (Å²) in [7, 11) is 0. The molecule has 17 heavy (non-hydrogen) atoms. The largest absolute Gasteiger partial charge is 0.297 e. The third-order valence-corrected chi connectivity index (χ3v) is 2.70. The highest BCUT2D eigenvalue weighted by molar-refractivity contribution is 5.84. The maximum atomic E-state index is 10.9. The molecule has 0 N–H and O–H groups in total. The Morgan fingerprint density at radius 3 is 2.41 bits per heavy atom. The number of nitrogens with zero attached hydrogens (tertiary/aromatic N) is 3. The van der Waals surface area contributed by atoms with Crippen LogP contribution in [0.1, 0.15) is 25.2 Å². The van der Waals surface area contributed by atoms with Crippen LogP contribution in [0.4, 0.5) is 5.69 Å². The van der Waals surface area contributed by atoms with Crippen molar-refractivity contribution in [2.24, 2.45) is 0 Å². The third kappa shape index (κ3) is 1.95. The molecule has 0 saturated heterocycles. The molecular weight excluding hydrogens is 218 g/mol. The number of aromatic nitrogens is 2. The van der Waals surface area contributed by atoms with E-state index in [2.05, 4.69) is 9.97 Å². The normalized spacial score (nSPS) is 10.7. The number of fused-ring (bicyclic) bond motifs is 1. The van der Waals surface area contributed by atoms with Gasteiger partial charge in [0, 0.05) is 6.07 Å². The van der Waals surface area contributed by atoms with Gasteiger partial charge in [-0.15, -0.1) is 0 Å². The minimum atomic E-state index is -0.415. The molecule has 0 unspecified atom stereocenters. The second-order valence-electron chi connectivity index (χ2n) is 3.73. The van der Waals surface area contributed by atoms with Gasteiger partial charge in [-0.3, -0.25) is 10.1 Å². The van der Waals surface area contributed by atoms with E-state index in [9.17, 15) is 10.1 Å². The molecule has 0 spiro atoms. The molecule has 5 nitrogen and oxygen atoms in total. The van der Waals surface area contributed by atoms with E-state index in [1.807, 2.05) is 13.8 Å². The van der Waals surface area contributed by atoms with E-state index in [-0.39, 0.29) is 5.69 Å². The van der Waals surface area contributed by atoms with E-state index >= 15 is 0 Å². The molecule has 0 atom stereocenters. The number of para-hydroxylation sites is 1. The lowest BCUT2D eigenvalue weighted by molar-refractivity contribution is -0.383. The van der Waals surface area contributed by atoms with Crippen LogP contribution >= 0.6 is 0 Å². The quantitative estimate of drug-likeness (QED) is 0.601. The summed E-state index contributed by atoms with van der Waals surface area (Å²) in [6.07, 6.45) is 1.52. The van der Waals surface area contributed by atoms with E-state index < -0.39 is 4.92 Å². The molecule has 0 aliphatic heterocycles. The average Bonchev–Trinajstić information content (AvgIpc) is 2.35. The number of hydrogen-bond donors (Lipinski definition) is 0. The summed E-state index contributed by atoms with van der Waals surface area (Å²) in [5, 5.41) is 10.9. The summed E-state index contributed by atoms with van der Waals surface area (Å²) in [6.45, 7) is 3.98. The van der Waals surface area contributed by atoms with Crippen molar-refractivity contribution in [3.8, 4) is 0 Å². The van der Waals surface area contributed by atoms with Crippen LogP contribution in [0.2, 0.25) is 0 Å². The summed E-state index contributed by atoms with van der Waals surface area (Å²) in [6, 6.07) is 4.86. The van der Waals surface area contributed by atoms with E-state index in [1.165, 1.54) is 6.07 Å². The predicted molar refractivity (Wildman–Crippen MR) is 64.9 cm³/mol. The minimum Gasteiger partial charge on any atom is -0.258 e. The number of benzene rings is 1. The van der Waals surface area contributed by atoms with Gasteiger partial charge in [-0.05, 0) is 18.9 Å². The molecule has 2 aromatic rings. The van der Waals surface area contributed by atoms with Crippen molar-refractivity contribution < 1.29 is 4.92 Å². The summed E-state index contributed by atoms with van der Waals surface area (Å²) in [5.41, 5.74) is 2.75. The summed E-state index contributed by atoms with van der Waals surface area (Å²) >= 11 is 0. The zero-order valence-electron chi connectivity index (χ0n) is 9.80. The topological polar surface area (TPSA) is 68.9 Å². The smallest absolute Gasteiger partial charge is 0.258 e. The fourth-order valence-corrected chi connectivity index (χ4v) is 1.85. The standard InChI is InChI=1S/C12H13N3O2/c1-3-8-9(4-2)14-12-10(13-8)6-5-7-11(12)15(16)17/h5-7H,3-4H2,1-2H3. The van der Waals surface area contributed by atoms with Crippen LogP contribution in [-0.2, 0) is 12.8 Å². The molecule has 5 heteroatoms. The first-order valence-electron chi connectivity index (χ1n) is 5.60. The summed E-state index contributed by atoms with van der Waals surface area (Å²) < 4.78 is 0. The summed E-state index contributed by atoms with van der Waals surface area (Å²) in [5.74, 6) is 0. The van der Waals surface area contributed by atoms with Crippen molar-refractivity contribution in [1.29, 1.82) is 0 Å². The first-order chi connectivity index (χ1) is 8.17. The molecule has 2 rings (SSSR count). The predicted octanol–water partition coefficient (Wildman–Crippen LogP) is 2.66. The molecule has 1 aromatic heterocycles. The van der Waals surface area contributed by atoms with Gasteiger partial charge in [0.25, 0.3) is 5.69 Å². The van der Waals surface area contributed by atoms with Gasteiger partial charge in [0.15, 0.2) is 5.52 Å². The van der Waals surface area contributed by atoms with Crippen molar-refractivity contribution in [1.82, 2.24) is 9.97 Å². The lowest BCUT2D eigenvalue weighted by atomic mass is 10.1. The molecular formula is C12H13N3O2. The number of hydrogen-bond acceptors (Lipinski definition) is 4.